The minimum absolute atomic E-state index is 0.164. The predicted molar refractivity (Wildman–Crippen MR) is 89.1 cm³/mol. The van der Waals surface area contributed by atoms with Crippen LogP contribution in [0.2, 0.25) is 5.28 Å². The Morgan fingerprint density at radius 1 is 1.30 bits per heavy atom. The van der Waals surface area contributed by atoms with Crippen LogP contribution in [0, 0.1) is 0 Å². The summed E-state index contributed by atoms with van der Waals surface area (Å²) in [6, 6.07) is 5.48. The lowest BCUT2D eigenvalue weighted by molar-refractivity contribution is 0.599. The highest BCUT2D eigenvalue weighted by Gasteiger charge is 2.17. The molecular formula is C14H14ClN5O2S. The van der Waals surface area contributed by atoms with Gasteiger partial charge in [-0.1, -0.05) is 6.07 Å². The average molecular weight is 352 g/mol. The second-order valence-corrected chi connectivity index (χ2v) is 7.43. The van der Waals surface area contributed by atoms with E-state index in [9.17, 15) is 8.42 Å². The number of nitrogens with zero attached hydrogens (tertiary/aromatic N) is 5. The van der Waals surface area contributed by atoms with Crippen LogP contribution in [0.5, 0.6) is 0 Å². The number of hydrogen-bond donors (Lipinski definition) is 0. The van der Waals surface area contributed by atoms with Crippen molar-refractivity contribution in [3.8, 4) is 0 Å². The maximum atomic E-state index is 11.8. The second kappa shape index (κ2) is 5.78. The first-order chi connectivity index (χ1) is 10.9. The van der Waals surface area contributed by atoms with Crippen molar-refractivity contribution >= 4 is 38.5 Å². The van der Waals surface area contributed by atoms with Crippen molar-refractivity contribution in [1.29, 1.82) is 0 Å². The summed E-state index contributed by atoms with van der Waals surface area (Å²) in [5.74, 6) is 0.386. The van der Waals surface area contributed by atoms with Crippen molar-refractivity contribution in [2.24, 2.45) is 0 Å². The summed E-state index contributed by atoms with van der Waals surface area (Å²) in [5.41, 5.74) is 1.44. The Kier molecular flexibility index (Phi) is 3.95. The molecule has 0 unspecified atom stereocenters. The van der Waals surface area contributed by atoms with Crippen molar-refractivity contribution in [2.75, 3.05) is 17.6 Å². The molecule has 0 N–H and O–H groups in total. The van der Waals surface area contributed by atoms with E-state index in [4.69, 9.17) is 11.6 Å². The minimum atomic E-state index is -3.39. The molecule has 3 rings (SSSR count). The molecule has 23 heavy (non-hydrogen) atoms. The number of hydrogen-bond acceptors (Lipinski definition) is 5. The average Bonchev–Trinajstić information content (AvgIpc) is 2.88. The van der Waals surface area contributed by atoms with Crippen molar-refractivity contribution in [3.63, 3.8) is 0 Å². The molecule has 3 heterocycles. The summed E-state index contributed by atoms with van der Waals surface area (Å²) in [5, 5.41) is 1.02. The number of rotatable bonds is 4. The summed E-state index contributed by atoms with van der Waals surface area (Å²) in [4.78, 5) is 12.4. The lowest BCUT2D eigenvalue weighted by Crippen LogP contribution is -2.27. The molecule has 0 aliphatic rings. The number of aromatic nitrogens is 4. The van der Waals surface area contributed by atoms with E-state index < -0.39 is 10.0 Å². The summed E-state index contributed by atoms with van der Waals surface area (Å²) < 4.78 is 26.6. The molecule has 0 atom stereocenters. The SMILES string of the molecule is CN(c1ncccc1Cn1ccc2cnc(Cl)nc21)S(C)(=O)=O. The Hall–Kier alpha value is -2.19. The van der Waals surface area contributed by atoms with Crippen LogP contribution in [-0.2, 0) is 16.6 Å². The quantitative estimate of drug-likeness (QED) is 0.671. The van der Waals surface area contributed by atoms with Crippen LogP contribution in [0.1, 0.15) is 5.56 Å². The van der Waals surface area contributed by atoms with Gasteiger partial charge in [-0.25, -0.2) is 18.4 Å². The third-order valence-corrected chi connectivity index (χ3v) is 4.83. The molecule has 0 saturated heterocycles. The van der Waals surface area contributed by atoms with Gasteiger partial charge in [0.05, 0.1) is 12.8 Å². The van der Waals surface area contributed by atoms with Gasteiger partial charge in [-0.2, -0.15) is 4.98 Å². The summed E-state index contributed by atoms with van der Waals surface area (Å²) >= 11 is 5.86. The van der Waals surface area contributed by atoms with Crippen LogP contribution >= 0.6 is 11.6 Å². The van der Waals surface area contributed by atoms with Crippen LogP contribution in [0.25, 0.3) is 11.0 Å². The normalized spacial score (nSPS) is 11.8. The topological polar surface area (TPSA) is 81.0 Å². The number of anilines is 1. The summed E-state index contributed by atoms with van der Waals surface area (Å²) in [6.45, 7) is 0.417. The Labute approximate surface area is 138 Å². The maximum absolute atomic E-state index is 11.8. The van der Waals surface area contributed by atoms with Crippen molar-refractivity contribution in [1.82, 2.24) is 19.5 Å². The van der Waals surface area contributed by atoms with Crippen molar-refractivity contribution in [2.45, 2.75) is 6.54 Å². The lowest BCUT2D eigenvalue weighted by atomic mass is 10.2. The fourth-order valence-electron chi connectivity index (χ4n) is 2.26. The molecule has 9 heteroatoms. The molecule has 0 saturated carbocycles. The van der Waals surface area contributed by atoms with Gasteiger partial charge in [-0.15, -0.1) is 0 Å². The molecule has 3 aromatic rings. The van der Waals surface area contributed by atoms with E-state index in [1.54, 1.807) is 18.5 Å². The monoisotopic (exact) mass is 351 g/mol. The van der Waals surface area contributed by atoms with E-state index in [1.165, 1.54) is 7.05 Å². The minimum Gasteiger partial charge on any atom is -0.328 e. The molecule has 0 bridgehead atoms. The first-order valence-electron chi connectivity index (χ1n) is 6.71. The molecular weight excluding hydrogens is 338 g/mol. The highest BCUT2D eigenvalue weighted by molar-refractivity contribution is 7.92. The molecule has 3 aromatic heterocycles. The summed E-state index contributed by atoms with van der Waals surface area (Å²) in [7, 11) is -1.91. The fourth-order valence-corrected chi connectivity index (χ4v) is 2.86. The van der Waals surface area contributed by atoms with E-state index in [1.807, 2.05) is 22.9 Å². The standard InChI is InChI=1S/C14H14ClN5O2S/c1-19(23(2,21)22)12-11(4-3-6-16-12)9-20-7-5-10-8-17-14(15)18-13(10)20/h3-8H,9H2,1-2H3. The van der Waals surface area contributed by atoms with Gasteiger partial charge in [0.2, 0.25) is 15.3 Å². The van der Waals surface area contributed by atoms with Gasteiger partial charge in [-0.05, 0) is 23.7 Å². The fraction of sp³-hybridized carbons (Fsp3) is 0.214. The number of halogens is 1. The highest BCUT2D eigenvalue weighted by atomic mass is 35.5. The zero-order chi connectivity index (χ0) is 16.6. The Bertz CT molecular complexity index is 970. The molecule has 120 valence electrons. The largest absolute Gasteiger partial charge is 0.328 e. The molecule has 0 aliphatic heterocycles. The molecule has 0 fully saturated rings. The van der Waals surface area contributed by atoms with Crippen LogP contribution in [0.4, 0.5) is 5.82 Å². The number of pyridine rings is 1. The lowest BCUT2D eigenvalue weighted by Gasteiger charge is -2.19. The molecule has 0 aromatic carbocycles. The van der Waals surface area contributed by atoms with E-state index in [-0.39, 0.29) is 5.28 Å². The zero-order valence-electron chi connectivity index (χ0n) is 12.5. The van der Waals surface area contributed by atoms with Gasteiger partial charge >= 0.3 is 0 Å². The zero-order valence-corrected chi connectivity index (χ0v) is 14.1. The Morgan fingerprint density at radius 2 is 2.09 bits per heavy atom. The van der Waals surface area contributed by atoms with Crippen LogP contribution < -0.4 is 4.31 Å². The van der Waals surface area contributed by atoms with Crippen LogP contribution in [0.15, 0.2) is 36.8 Å². The van der Waals surface area contributed by atoms with Gasteiger partial charge in [0.1, 0.15) is 11.5 Å². The number of fused-ring (bicyclic) bond motifs is 1. The van der Waals surface area contributed by atoms with E-state index in [2.05, 4.69) is 15.0 Å². The van der Waals surface area contributed by atoms with Gasteiger partial charge in [-0.3, -0.25) is 4.31 Å². The van der Waals surface area contributed by atoms with E-state index in [0.717, 1.165) is 21.5 Å². The molecule has 7 nitrogen and oxygen atoms in total. The summed E-state index contributed by atoms with van der Waals surface area (Å²) in [6.07, 6.45) is 6.21. The number of sulfonamides is 1. The molecule has 0 amide bonds. The van der Waals surface area contributed by atoms with Gasteiger partial charge in [0.25, 0.3) is 0 Å². The van der Waals surface area contributed by atoms with Gasteiger partial charge in [0, 0.05) is 36.6 Å². The van der Waals surface area contributed by atoms with Crippen LogP contribution in [0.3, 0.4) is 0 Å². The molecule has 0 radical (unpaired) electrons. The highest BCUT2D eigenvalue weighted by Crippen LogP contribution is 2.22. The van der Waals surface area contributed by atoms with E-state index >= 15 is 0 Å². The van der Waals surface area contributed by atoms with Gasteiger partial charge < -0.3 is 4.57 Å². The first-order valence-corrected chi connectivity index (χ1v) is 8.94. The van der Waals surface area contributed by atoms with Crippen molar-refractivity contribution < 1.29 is 8.42 Å². The van der Waals surface area contributed by atoms with Crippen molar-refractivity contribution in [3.05, 3.63) is 47.6 Å². The second-order valence-electron chi connectivity index (χ2n) is 5.08. The molecule has 0 aliphatic carbocycles. The third-order valence-electron chi connectivity index (χ3n) is 3.48. The maximum Gasteiger partial charge on any atom is 0.233 e. The van der Waals surface area contributed by atoms with Crippen LogP contribution in [-0.4, -0.2) is 41.2 Å². The van der Waals surface area contributed by atoms with E-state index in [0.29, 0.717) is 18.0 Å². The predicted octanol–water partition coefficient (Wildman–Crippen LogP) is 1.92. The molecule has 0 spiro atoms. The first kappa shape index (κ1) is 15.7. The smallest absolute Gasteiger partial charge is 0.233 e. The Morgan fingerprint density at radius 3 is 2.83 bits per heavy atom. The Balaban J connectivity index is 2.05. The van der Waals surface area contributed by atoms with Gasteiger partial charge in [0.15, 0.2) is 0 Å². The third kappa shape index (κ3) is 3.13.